The molecule has 0 spiro atoms. The van der Waals surface area contributed by atoms with Gasteiger partial charge in [-0.25, -0.2) is 8.42 Å². The molecular weight excluding hydrogens is 270 g/mol. The van der Waals surface area contributed by atoms with E-state index < -0.39 is 20.6 Å². The van der Waals surface area contributed by atoms with Crippen LogP contribution in [0.1, 0.15) is 11.5 Å². The van der Waals surface area contributed by atoms with E-state index in [9.17, 15) is 17.2 Å². The lowest BCUT2D eigenvalue weighted by Crippen LogP contribution is -1.92. The van der Waals surface area contributed by atoms with E-state index in [1.165, 1.54) is 12.1 Å². The van der Waals surface area contributed by atoms with E-state index in [2.05, 4.69) is 0 Å². The third kappa shape index (κ3) is 5.39. The molecule has 0 bridgehead atoms. The highest BCUT2D eigenvalue weighted by Crippen LogP contribution is 2.22. The van der Waals surface area contributed by atoms with Crippen molar-refractivity contribution in [3.8, 4) is 0 Å². The molecule has 86 valence electrons. The largest absolute Gasteiger partial charge is 0.464 e. The molecule has 15 heavy (non-hydrogen) atoms. The number of rotatable bonds is 5. The Morgan fingerprint density at radius 2 is 2.00 bits per heavy atom. The van der Waals surface area contributed by atoms with Gasteiger partial charge in [0, 0.05) is 10.7 Å². The molecule has 1 aromatic heterocycles. The van der Waals surface area contributed by atoms with Gasteiger partial charge in [-0.05, 0) is 12.1 Å². The van der Waals surface area contributed by atoms with Gasteiger partial charge >= 0.3 is 0 Å². The van der Waals surface area contributed by atoms with E-state index in [0.29, 0.717) is 17.5 Å². The Kier molecular flexibility index (Phi) is 4.42. The van der Waals surface area contributed by atoms with Crippen LogP contribution < -0.4 is 0 Å². The number of hydrogen-bond acceptors (Lipinski definition) is 4. The first-order chi connectivity index (χ1) is 6.87. The third-order valence-corrected chi connectivity index (χ3v) is 3.04. The lowest BCUT2D eigenvalue weighted by atomic mass is 10.5. The lowest BCUT2D eigenvalue weighted by Gasteiger charge is -1.96. The van der Waals surface area contributed by atoms with Crippen LogP contribution in [0.5, 0.6) is 0 Å². The van der Waals surface area contributed by atoms with Gasteiger partial charge in [0.05, 0.1) is 5.75 Å². The normalized spacial score (nSPS) is 12.3. The molecule has 0 aliphatic rings. The smallest absolute Gasteiger partial charge is 0.284 e. The van der Waals surface area contributed by atoms with Gasteiger partial charge in [0.1, 0.15) is 17.3 Å². The molecule has 0 amide bonds. The number of halogens is 3. The molecule has 0 radical (unpaired) electrons. The van der Waals surface area contributed by atoms with Crippen LogP contribution in [0.4, 0.5) is 8.78 Å². The van der Waals surface area contributed by atoms with E-state index in [1.54, 1.807) is 0 Å². The fourth-order valence-electron chi connectivity index (χ4n) is 0.893. The van der Waals surface area contributed by atoms with Crippen LogP contribution in [-0.4, -0.2) is 14.2 Å². The van der Waals surface area contributed by atoms with Crippen molar-refractivity contribution >= 4 is 31.5 Å². The average Bonchev–Trinajstić information content (AvgIpc) is 2.45. The minimum Gasteiger partial charge on any atom is -0.464 e. The quantitative estimate of drug-likeness (QED) is 0.776. The van der Waals surface area contributed by atoms with Crippen LogP contribution >= 0.6 is 22.4 Å². The standard InChI is InChI=1S/C7H7ClF2O3S2/c8-15(11,12)4-6-2-1-5(13-6)3-14-7(9)10/h1-2,7H,3-4H2. The van der Waals surface area contributed by atoms with Gasteiger partial charge in [-0.1, -0.05) is 11.8 Å². The Balaban J connectivity index is 2.57. The first-order valence-corrected chi connectivity index (χ1v) is 7.29. The van der Waals surface area contributed by atoms with Crippen LogP contribution in [0.3, 0.4) is 0 Å². The van der Waals surface area contributed by atoms with Crippen molar-refractivity contribution in [2.75, 3.05) is 0 Å². The first kappa shape index (κ1) is 12.8. The fourth-order valence-corrected chi connectivity index (χ4v) is 2.16. The summed E-state index contributed by atoms with van der Waals surface area (Å²) in [5, 5.41) is 0. The van der Waals surface area contributed by atoms with E-state index in [4.69, 9.17) is 15.1 Å². The molecule has 1 rings (SSSR count). The number of furan rings is 1. The molecule has 0 aliphatic heterocycles. The van der Waals surface area contributed by atoms with Crippen molar-refractivity contribution in [2.24, 2.45) is 0 Å². The molecule has 0 saturated heterocycles. The van der Waals surface area contributed by atoms with Gasteiger partial charge in [-0.15, -0.1) is 0 Å². The highest BCUT2D eigenvalue weighted by atomic mass is 35.7. The Bertz CT molecular complexity index is 416. The Labute approximate surface area is 94.2 Å². The monoisotopic (exact) mass is 276 g/mol. The summed E-state index contributed by atoms with van der Waals surface area (Å²) in [6, 6.07) is 2.86. The molecule has 1 aromatic rings. The maximum atomic E-state index is 11.8. The predicted octanol–water partition coefficient (Wildman–Crippen LogP) is 2.80. The van der Waals surface area contributed by atoms with Crippen molar-refractivity contribution in [1.82, 2.24) is 0 Å². The topological polar surface area (TPSA) is 47.3 Å². The minimum absolute atomic E-state index is 0. The van der Waals surface area contributed by atoms with Crippen LogP contribution in [0.2, 0.25) is 0 Å². The number of hydrogen-bond donors (Lipinski definition) is 0. The Morgan fingerprint density at radius 3 is 2.53 bits per heavy atom. The van der Waals surface area contributed by atoms with Crippen LogP contribution in [0.15, 0.2) is 16.5 Å². The summed E-state index contributed by atoms with van der Waals surface area (Å²) >= 11 is 0.406. The summed E-state index contributed by atoms with van der Waals surface area (Å²) in [6.45, 7) is 0. The highest BCUT2D eigenvalue weighted by molar-refractivity contribution is 8.13. The molecule has 0 aromatic carbocycles. The first-order valence-electron chi connectivity index (χ1n) is 3.76. The highest BCUT2D eigenvalue weighted by Gasteiger charge is 2.12. The number of alkyl halides is 2. The molecule has 0 saturated carbocycles. The average molecular weight is 277 g/mol. The maximum Gasteiger partial charge on any atom is 0.284 e. The molecule has 0 unspecified atom stereocenters. The Morgan fingerprint density at radius 1 is 1.40 bits per heavy atom. The predicted molar refractivity (Wildman–Crippen MR) is 54.5 cm³/mol. The lowest BCUT2D eigenvalue weighted by molar-refractivity contribution is 0.251. The summed E-state index contributed by atoms with van der Waals surface area (Å²) in [5.41, 5.74) is 0. The summed E-state index contributed by atoms with van der Waals surface area (Å²) in [5.74, 6) is -2.46. The van der Waals surface area contributed by atoms with Crippen molar-refractivity contribution in [3.63, 3.8) is 0 Å². The molecule has 0 fully saturated rings. The second-order valence-electron chi connectivity index (χ2n) is 2.62. The van der Waals surface area contributed by atoms with Gasteiger partial charge in [0.15, 0.2) is 0 Å². The van der Waals surface area contributed by atoms with Crippen molar-refractivity contribution in [3.05, 3.63) is 23.7 Å². The summed E-state index contributed by atoms with van der Waals surface area (Å²) in [7, 11) is 1.32. The third-order valence-electron chi connectivity index (χ3n) is 1.38. The van der Waals surface area contributed by atoms with Gasteiger partial charge in [-0.2, -0.15) is 8.78 Å². The van der Waals surface area contributed by atoms with Crippen LogP contribution in [0, 0.1) is 0 Å². The van der Waals surface area contributed by atoms with Crippen LogP contribution in [0.25, 0.3) is 0 Å². The summed E-state index contributed by atoms with van der Waals surface area (Å²) < 4.78 is 49.9. The SMILES string of the molecule is O=S(=O)(Cl)Cc1ccc(CSC(F)F)o1. The van der Waals surface area contributed by atoms with Gasteiger partial charge in [-0.3, -0.25) is 0 Å². The van der Waals surface area contributed by atoms with E-state index >= 15 is 0 Å². The molecule has 3 nitrogen and oxygen atoms in total. The molecular formula is C7H7ClF2O3S2. The fraction of sp³-hybridized carbons (Fsp3) is 0.429. The molecule has 0 atom stereocenters. The van der Waals surface area contributed by atoms with Crippen LogP contribution in [-0.2, 0) is 20.6 Å². The minimum atomic E-state index is -3.67. The van der Waals surface area contributed by atoms with Gasteiger partial charge in [0.2, 0.25) is 9.05 Å². The van der Waals surface area contributed by atoms with Crippen molar-refractivity contribution < 1.29 is 21.6 Å². The van der Waals surface area contributed by atoms with Crippen molar-refractivity contribution in [1.29, 1.82) is 0 Å². The zero-order chi connectivity index (χ0) is 11.5. The second-order valence-corrected chi connectivity index (χ2v) is 6.38. The zero-order valence-corrected chi connectivity index (χ0v) is 9.71. The summed E-state index contributed by atoms with van der Waals surface area (Å²) in [6.07, 6.45) is 0. The molecule has 8 heteroatoms. The summed E-state index contributed by atoms with van der Waals surface area (Å²) in [4.78, 5) is 0. The van der Waals surface area contributed by atoms with Gasteiger partial charge < -0.3 is 4.42 Å². The van der Waals surface area contributed by atoms with Crippen molar-refractivity contribution in [2.45, 2.75) is 17.3 Å². The second kappa shape index (κ2) is 5.18. The number of thioether (sulfide) groups is 1. The van der Waals surface area contributed by atoms with E-state index in [1.807, 2.05) is 0 Å². The van der Waals surface area contributed by atoms with E-state index in [-0.39, 0.29) is 11.5 Å². The molecule has 1 heterocycles. The maximum absolute atomic E-state index is 11.8. The Hall–Kier alpha value is -0.270. The van der Waals surface area contributed by atoms with E-state index in [0.717, 1.165) is 0 Å². The van der Waals surface area contributed by atoms with Gasteiger partial charge in [0.25, 0.3) is 5.76 Å². The molecule has 0 aliphatic carbocycles. The molecule has 0 N–H and O–H groups in total. The zero-order valence-electron chi connectivity index (χ0n) is 7.32.